The Morgan fingerprint density at radius 2 is 2.06 bits per heavy atom. The van der Waals surface area contributed by atoms with E-state index in [1.54, 1.807) is 0 Å². The third-order valence-corrected chi connectivity index (χ3v) is 2.06. The average molecular weight is 266 g/mol. The van der Waals surface area contributed by atoms with E-state index in [0.717, 1.165) is 7.11 Å². The van der Waals surface area contributed by atoms with Crippen molar-refractivity contribution in [1.82, 2.24) is 4.98 Å². The van der Waals surface area contributed by atoms with Crippen molar-refractivity contribution in [2.75, 3.05) is 7.11 Å². The molecule has 18 heavy (non-hydrogen) atoms. The van der Waals surface area contributed by atoms with Gasteiger partial charge < -0.3 is 4.74 Å². The molecule has 0 aliphatic rings. The first kappa shape index (κ1) is 14.2. The zero-order valence-electron chi connectivity index (χ0n) is 9.05. The second-order valence-corrected chi connectivity index (χ2v) is 3.22. The SMILES string of the molecule is COc1nc(C(F)F)cc(CC#N)c1C(F)(F)F. The second kappa shape index (κ2) is 5.16. The summed E-state index contributed by atoms with van der Waals surface area (Å²) in [4.78, 5) is 3.10. The average Bonchev–Trinajstić information content (AvgIpc) is 2.26. The van der Waals surface area contributed by atoms with Gasteiger partial charge in [0, 0.05) is 0 Å². The lowest BCUT2D eigenvalue weighted by Gasteiger charge is -2.15. The maximum absolute atomic E-state index is 12.7. The molecule has 0 N–H and O–H groups in total. The first-order valence-electron chi connectivity index (χ1n) is 4.61. The predicted octanol–water partition coefficient (Wildman–Crippen LogP) is 3.11. The molecule has 0 radical (unpaired) electrons. The normalized spacial score (nSPS) is 11.4. The van der Waals surface area contributed by atoms with Gasteiger partial charge >= 0.3 is 6.18 Å². The number of halogens is 5. The molecule has 0 aliphatic carbocycles. The van der Waals surface area contributed by atoms with Gasteiger partial charge in [0.05, 0.1) is 19.6 Å². The molecule has 1 rings (SSSR count). The molecule has 0 unspecified atom stereocenters. The Morgan fingerprint density at radius 1 is 1.44 bits per heavy atom. The standard InChI is InChI=1S/C10H7F5N2O/c1-18-9-7(10(13,14)15)5(2-3-16)4-6(17-9)8(11)12/h4,8H,2H2,1H3. The molecule has 0 spiro atoms. The van der Waals surface area contributed by atoms with Crippen LogP contribution in [0.25, 0.3) is 0 Å². The summed E-state index contributed by atoms with van der Waals surface area (Å²) in [5.74, 6) is -0.953. The number of ether oxygens (including phenoxy) is 1. The number of rotatable bonds is 3. The Hall–Kier alpha value is -1.91. The molecular formula is C10H7F5N2O. The molecule has 0 fully saturated rings. The maximum Gasteiger partial charge on any atom is 0.421 e. The number of nitrogens with zero attached hydrogens (tertiary/aromatic N) is 2. The lowest BCUT2D eigenvalue weighted by atomic mass is 10.1. The van der Waals surface area contributed by atoms with E-state index >= 15 is 0 Å². The van der Waals surface area contributed by atoms with Crippen molar-refractivity contribution >= 4 is 0 Å². The molecule has 3 nitrogen and oxygen atoms in total. The number of aromatic nitrogens is 1. The highest BCUT2D eigenvalue weighted by Crippen LogP contribution is 2.39. The van der Waals surface area contributed by atoms with Crippen molar-refractivity contribution in [1.29, 1.82) is 5.26 Å². The summed E-state index contributed by atoms with van der Waals surface area (Å²) in [6.45, 7) is 0. The molecule has 0 amide bonds. The molecular weight excluding hydrogens is 259 g/mol. The number of hydrogen-bond donors (Lipinski definition) is 0. The van der Waals surface area contributed by atoms with E-state index < -0.39 is 41.7 Å². The number of alkyl halides is 5. The zero-order chi connectivity index (χ0) is 13.9. The molecule has 1 aromatic heterocycles. The summed E-state index contributed by atoms with van der Waals surface area (Å²) in [6, 6.07) is 2.05. The van der Waals surface area contributed by atoms with Gasteiger partial charge in [0.1, 0.15) is 11.3 Å². The van der Waals surface area contributed by atoms with Crippen LogP contribution in [0, 0.1) is 11.3 Å². The predicted molar refractivity (Wildman–Crippen MR) is 50.1 cm³/mol. The summed E-state index contributed by atoms with van der Waals surface area (Å²) in [5.41, 5.74) is -2.73. The van der Waals surface area contributed by atoms with E-state index in [-0.39, 0.29) is 0 Å². The molecule has 1 aromatic rings. The van der Waals surface area contributed by atoms with Crippen molar-refractivity contribution in [3.8, 4) is 11.9 Å². The highest BCUT2D eigenvalue weighted by Gasteiger charge is 2.38. The number of hydrogen-bond acceptors (Lipinski definition) is 3. The van der Waals surface area contributed by atoms with Gasteiger partial charge in [0.15, 0.2) is 0 Å². The van der Waals surface area contributed by atoms with Crippen LogP contribution in [0.2, 0.25) is 0 Å². The fraction of sp³-hybridized carbons (Fsp3) is 0.400. The summed E-state index contributed by atoms with van der Waals surface area (Å²) in [7, 11) is 0.892. The highest BCUT2D eigenvalue weighted by molar-refractivity contribution is 5.41. The molecule has 0 atom stereocenters. The van der Waals surface area contributed by atoms with Crippen LogP contribution in [0.15, 0.2) is 6.07 Å². The van der Waals surface area contributed by atoms with Gasteiger partial charge in [0.25, 0.3) is 6.43 Å². The number of methoxy groups -OCH3 is 1. The molecule has 0 saturated heterocycles. The van der Waals surface area contributed by atoms with Gasteiger partial charge in [-0.05, 0) is 11.6 Å². The first-order chi connectivity index (χ1) is 8.31. The van der Waals surface area contributed by atoms with Crippen LogP contribution >= 0.6 is 0 Å². The second-order valence-electron chi connectivity index (χ2n) is 3.22. The Kier molecular flexibility index (Phi) is 4.06. The van der Waals surface area contributed by atoms with Crippen molar-refractivity contribution in [2.24, 2.45) is 0 Å². The smallest absolute Gasteiger partial charge is 0.421 e. The molecule has 98 valence electrons. The molecule has 1 heterocycles. The molecule has 0 bridgehead atoms. The lowest BCUT2D eigenvalue weighted by Crippen LogP contribution is -2.14. The molecule has 0 aromatic carbocycles. The minimum absolute atomic E-state index is 0.569. The van der Waals surface area contributed by atoms with Crippen LogP contribution in [0.1, 0.15) is 23.2 Å². The summed E-state index contributed by atoms with van der Waals surface area (Å²) >= 11 is 0. The lowest BCUT2D eigenvalue weighted by molar-refractivity contribution is -0.139. The van der Waals surface area contributed by atoms with Gasteiger partial charge in [-0.15, -0.1) is 0 Å². The van der Waals surface area contributed by atoms with E-state index in [1.807, 2.05) is 0 Å². The quantitative estimate of drug-likeness (QED) is 0.789. The summed E-state index contributed by atoms with van der Waals surface area (Å²) in [5, 5.41) is 8.44. The Bertz CT molecular complexity index is 478. The number of pyridine rings is 1. The monoisotopic (exact) mass is 266 g/mol. The molecule has 0 saturated carbocycles. The van der Waals surface area contributed by atoms with Crippen LogP contribution in [0.4, 0.5) is 22.0 Å². The van der Waals surface area contributed by atoms with E-state index in [9.17, 15) is 22.0 Å². The van der Waals surface area contributed by atoms with Gasteiger partial charge in [0.2, 0.25) is 5.88 Å². The largest absolute Gasteiger partial charge is 0.481 e. The Labute approximate surface area is 98.8 Å². The zero-order valence-corrected chi connectivity index (χ0v) is 9.05. The summed E-state index contributed by atoms with van der Waals surface area (Å²) in [6.07, 6.45) is -8.53. The van der Waals surface area contributed by atoms with Crippen LogP contribution in [-0.2, 0) is 12.6 Å². The van der Waals surface area contributed by atoms with Crippen molar-refractivity contribution in [3.05, 3.63) is 22.9 Å². The van der Waals surface area contributed by atoms with E-state index in [2.05, 4.69) is 9.72 Å². The molecule has 8 heteroatoms. The minimum Gasteiger partial charge on any atom is -0.481 e. The van der Waals surface area contributed by atoms with Gasteiger partial charge in [-0.25, -0.2) is 13.8 Å². The van der Waals surface area contributed by atoms with Gasteiger partial charge in [-0.1, -0.05) is 0 Å². The van der Waals surface area contributed by atoms with Crippen LogP contribution in [-0.4, -0.2) is 12.1 Å². The van der Waals surface area contributed by atoms with Crippen LogP contribution in [0.3, 0.4) is 0 Å². The fourth-order valence-corrected chi connectivity index (χ4v) is 1.38. The minimum atomic E-state index is -4.83. The summed E-state index contributed by atoms with van der Waals surface area (Å²) < 4.78 is 67.5. The van der Waals surface area contributed by atoms with Crippen molar-refractivity contribution in [2.45, 2.75) is 19.0 Å². The topological polar surface area (TPSA) is 45.9 Å². The van der Waals surface area contributed by atoms with E-state index in [1.165, 1.54) is 6.07 Å². The van der Waals surface area contributed by atoms with Gasteiger partial charge in [-0.3, -0.25) is 0 Å². The van der Waals surface area contributed by atoms with Crippen LogP contribution < -0.4 is 4.74 Å². The highest BCUT2D eigenvalue weighted by atomic mass is 19.4. The fourth-order valence-electron chi connectivity index (χ4n) is 1.38. The Balaban J connectivity index is 3.52. The van der Waals surface area contributed by atoms with E-state index in [4.69, 9.17) is 5.26 Å². The van der Waals surface area contributed by atoms with Crippen LogP contribution in [0.5, 0.6) is 5.88 Å². The number of nitriles is 1. The van der Waals surface area contributed by atoms with Crippen molar-refractivity contribution in [3.63, 3.8) is 0 Å². The third kappa shape index (κ3) is 2.85. The maximum atomic E-state index is 12.7. The van der Waals surface area contributed by atoms with Gasteiger partial charge in [-0.2, -0.15) is 18.4 Å². The molecule has 0 aliphatic heterocycles. The van der Waals surface area contributed by atoms with Crippen molar-refractivity contribution < 1.29 is 26.7 Å². The van der Waals surface area contributed by atoms with E-state index in [0.29, 0.717) is 6.07 Å². The first-order valence-corrected chi connectivity index (χ1v) is 4.61. The Morgan fingerprint density at radius 3 is 2.44 bits per heavy atom. The third-order valence-electron chi connectivity index (χ3n) is 2.06.